The molecule has 132 valence electrons. The molecular formula is C20H30N2O2. The third-order valence-corrected chi connectivity index (χ3v) is 4.84. The van der Waals surface area contributed by atoms with E-state index in [1.807, 2.05) is 13.0 Å². The Labute approximate surface area is 145 Å². The summed E-state index contributed by atoms with van der Waals surface area (Å²) in [6.07, 6.45) is 4.16. The minimum atomic E-state index is 0.520. The average Bonchev–Trinajstić information content (AvgIpc) is 3.32. The first-order chi connectivity index (χ1) is 11.7. The highest BCUT2D eigenvalue weighted by Gasteiger charge is 2.33. The molecule has 0 radical (unpaired) electrons. The van der Waals surface area contributed by atoms with E-state index in [9.17, 15) is 0 Å². The van der Waals surface area contributed by atoms with Crippen LogP contribution in [0.1, 0.15) is 31.7 Å². The standard InChI is InChI=1S/C20H30N2O2/c1-15(2)14-24-20-10-16(4-7-19(20)23-3)11-21-12-17-8-9-22(13-17)18-5-6-18/h4,7,10,17-18,21H,1,5-6,8-9,11-14H2,2-3H3. The molecule has 1 saturated heterocycles. The maximum Gasteiger partial charge on any atom is 0.161 e. The van der Waals surface area contributed by atoms with Crippen molar-refractivity contribution in [2.45, 2.75) is 38.8 Å². The number of nitrogens with one attached hydrogen (secondary N) is 1. The molecule has 1 aromatic rings. The second kappa shape index (κ2) is 8.04. The number of nitrogens with zero attached hydrogens (tertiary/aromatic N) is 1. The van der Waals surface area contributed by atoms with Crippen molar-refractivity contribution in [1.82, 2.24) is 10.2 Å². The van der Waals surface area contributed by atoms with Crippen LogP contribution < -0.4 is 14.8 Å². The van der Waals surface area contributed by atoms with Crippen molar-refractivity contribution >= 4 is 0 Å². The zero-order valence-electron chi connectivity index (χ0n) is 15.0. The predicted molar refractivity (Wildman–Crippen MR) is 97.7 cm³/mol. The summed E-state index contributed by atoms with van der Waals surface area (Å²) in [4.78, 5) is 2.67. The third kappa shape index (κ3) is 4.74. The van der Waals surface area contributed by atoms with Crippen molar-refractivity contribution in [3.63, 3.8) is 0 Å². The fraction of sp³-hybridized carbons (Fsp3) is 0.600. The Hall–Kier alpha value is -1.52. The van der Waals surface area contributed by atoms with Crippen molar-refractivity contribution in [2.75, 3.05) is 33.4 Å². The van der Waals surface area contributed by atoms with Gasteiger partial charge in [0.05, 0.1) is 7.11 Å². The molecule has 4 nitrogen and oxygen atoms in total. The molecule has 1 heterocycles. The SMILES string of the molecule is C=C(C)COc1cc(CNCC2CCN(C3CC3)C2)ccc1OC. The van der Waals surface area contributed by atoms with E-state index >= 15 is 0 Å². The molecule has 0 aromatic heterocycles. The summed E-state index contributed by atoms with van der Waals surface area (Å²) < 4.78 is 11.2. The lowest BCUT2D eigenvalue weighted by atomic mass is 10.1. The summed E-state index contributed by atoms with van der Waals surface area (Å²) in [6, 6.07) is 7.06. The predicted octanol–water partition coefficient (Wildman–Crippen LogP) is 3.22. The van der Waals surface area contributed by atoms with Gasteiger partial charge in [0.2, 0.25) is 0 Å². The third-order valence-electron chi connectivity index (χ3n) is 4.84. The molecule has 1 aliphatic heterocycles. The van der Waals surface area contributed by atoms with E-state index in [1.54, 1.807) is 7.11 Å². The van der Waals surface area contributed by atoms with Gasteiger partial charge in [-0.3, -0.25) is 0 Å². The normalized spacial score (nSPS) is 21.0. The minimum absolute atomic E-state index is 0.520. The van der Waals surface area contributed by atoms with E-state index in [4.69, 9.17) is 9.47 Å². The monoisotopic (exact) mass is 330 g/mol. The first kappa shape index (κ1) is 17.3. The lowest BCUT2D eigenvalue weighted by molar-refractivity contribution is 0.311. The van der Waals surface area contributed by atoms with Gasteiger partial charge in [-0.15, -0.1) is 0 Å². The molecule has 4 heteroatoms. The molecule has 0 amide bonds. The Bertz CT molecular complexity index is 569. The first-order valence-electron chi connectivity index (χ1n) is 9.04. The fourth-order valence-electron chi connectivity index (χ4n) is 3.37. The van der Waals surface area contributed by atoms with Gasteiger partial charge in [-0.05, 0) is 68.5 Å². The van der Waals surface area contributed by atoms with Crippen LogP contribution in [0.5, 0.6) is 11.5 Å². The van der Waals surface area contributed by atoms with Crippen LogP contribution >= 0.6 is 0 Å². The van der Waals surface area contributed by atoms with Gasteiger partial charge in [0, 0.05) is 19.1 Å². The molecule has 0 spiro atoms. The van der Waals surface area contributed by atoms with E-state index in [0.29, 0.717) is 6.61 Å². The lowest BCUT2D eigenvalue weighted by Crippen LogP contribution is -2.27. The molecule has 3 rings (SSSR count). The highest BCUT2D eigenvalue weighted by molar-refractivity contribution is 5.43. The van der Waals surface area contributed by atoms with Crippen LogP contribution in [0.3, 0.4) is 0 Å². The van der Waals surface area contributed by atoms with Gasteiger partial charge >= 0.3 is 0 Å². The summed E-state index contributed by atoms with van der Waals surface area (Å²) in [7, 11) is 1.67. The second-order valence-corrected chi connectivity index (χ2v) is 7.24. The minimum Gasteiger partial charge on any atom is -0.493 e. The van der Waals surface area contributed by atoms with Gasteiger partial charge in [-0.25, -0.2) is 0 Å². The van der Waals surface area contributed by atoms with Gasteiger partial charge in [-0.2, -0.15) is 0 Å². The number of likely N-dealkylation sites (tertiary alicyclic amines) is 1. The number of rotatable bonds is 9. The quantitative estimate of drug-likeness (QED) is 0.705. The van der Waals surface area contributed by atoms with Crippen molar-refractivity contribution in [3.8, 4) is 11.5 Å². The van der Waals surface area contributed by atoms with Crippen LogP contribution in [-0.2, 0) is 6.54 Å². The summed E-state index contributed by atoms with van der Waals surface area (Å²) in [6.45, 7) is 10.9. The molecule has 1 N–H and O–H groups in total. The summed E-state index contributed by atoms with van der Waals surface area (Å²) in [5.41, 5.74) is 2.23. The van der Waals surface area contributed by atoms with Crippen LogP contribution in [0.25, 0.3) is 0 Å². The van der Waals surface area contributed by atoms with Gasteiger partial charge in [0.1, 0.15) is 6.61 Å². The number of ether oxygens (including phenoxy) is 2. The van der Waals surface area contributed by atoms with E-state index in [2.05, 4.69) is 28.9 Å². The molecule has 1 unspecified atom stereocenters. The maximum absolute atomic E-state index is 5.80. The molecule has 24 heavy (non-hydrogen) atoms. The zero-order valence-corrected chi connectivity index (χ0v) is 15.0. The first-order valence-corrected chi connectivity index (χ1v) is 9.04. The Morgan fingerprint density at radius 2 is 2.12 bits per heavy atom. The van der Waals surface area contributed by atoms with Crippen LogP contribution in [0.15, 0.2) is 30.4 Å². The van der Waals surface area contributed by atoms with Crippen molar-refractivity contribution in [1.29, 1.82) is 0 Å². The average molecular weight is 330 g/mol. The van der Waals surface area contributed by atoms with E-state index in [0.717, 1.165) is 42.1 Å². The Balaban J connectivity index is 1.47. The molecule has 0 bridgehead atoms. The molecule has 1 atom stereocenters. The van der Waals surface area contributed by atoms with Gasteiger partial charge in [0.25, 0.3) is 0 Å². The highest BCUT2D eigenvalue weighted by Crippen LogP contribution is 2.31. The largest absolute Gasteiger partial charge is 0.493 e. The number of benzene rings is 1. The van der Waals surface area contributed by atoms with Gasteiger partial charge < -0.3 is 19.7 Å². The molecule has 2 fully saturated rings. The second-order valence-electron chi connectivity index (χ2n) is 7.24. The Morgan fingerprint density at radius 1 is 1.29 bits per heavy atom. The van der Waals surface area contributed by atoms with Crippen molar-refractivity contribution in [2.24, 2.45) is 5.92 Å². The topological polar surface area (TPSA) is 33.7 Å². The number of hydrogen-bond donors (Lipinski definition) is 1. The molecule has 1 saturated carbocycles. The smallest absolute Gasteiger partial charge is 0.161 e. The highest BCUT2D eigenvalue weighted by atomic mass is 16.5. The zero-order chi connectivity index (χ0) is 16.9. The molecule has 1 aromatic carbocycles. The molecular weight excluding hydrogens is 300 g/mol. The Kier molecular flexibility index (Phi) is 5.80. The van der Waals surface area contributed by atoms with Crippen LogP contribution in [0, 0.1) is 5.92 Å². The van der Waals surface area contributed by atoms with Gasteiger partial charge in [0.15, 0.2) is 11.5 Å². The Morgan fingerprint density at radius 3 is 2.83 bits per heavy atom. The number of hydrogen-bond acceptors (Lipinski definition) is 4. The summed E-state index contributed by atoms with van der Waals surface area (Å²) in [5, 5.41) is 3.61. The van der Waals surface area contributed by atoms with E-state index < -0.39 is 0 Å². The maximum atomic E-state index is 5.80. The van der Waals surface area contributed by atoms with Crippen LogP contribution in [0.4, 0.5) is 0 Å². The summed E-state index contributed by atoms with van der Waals surface area (Å²) >= 11 is 0. The lowest BCUT2D eigenvalue weighted by Gasteiger charge is -2.16. The van der Waals surface area contributed by atoms with E-state index in [-0.39, 0.29) is 0 Å². The van der Waals surface area contributed by atoms with Crippen molar-refractivity contribution in [3.05, 3.63) is 35.9 Å². The van der Waals surface area contributed by atoms with E-state index in [1.165, 1.54) is 37.9 Å². The number of methoxy groups -OCH3 is 1. The van der Waals surface area contributed by atoms with Crippen molar-refractivity contribution < 1.29 is 9.47 Å². The van der Waals surface area contributed by atoms with Crippen LogP contribution in [0.2, 0.25) is 0 Å². The molecule has 2 aliphatic rings. The molecule has 1 aliphatic carbocycles. The fourth-order valence-corrected chi connectivity index (χ4v) is 3.37. The summed E-state index contributed by atoms with van der Waals surface area (Å²) in [5.74, 6) is 2.36. The van der Waals surface area contributed by atoms with Crippen LogP contribution in [-0.4, -0.2) is 44.3 Å². The van der Waals surface area contributed by atoms with Gasteiger partial charge in [-0.1, -0.05) is 12.6 Å².